The number of nitrogens with zero attached hydrogens (tertiary/aromatic N) is 1. The maximum absolute atomic E-state index is 9.86. The fraction of sp³-hybridized carbons (Fsp3) is 0. The van der Waals surface area contributed by atoms with E-state index in [9.17, 15) is 16.8 Å². The SMILES string of the molecule is N/C(=N\OC=S(=O)=O)NOC=S(=O)=O. The Labute approximate surface area is 81.1 Å². The summed E-state index contributed by atoms with van der Waals surface area (Å²) < 4.78 is 39.4. The van der Waals surface area contributed by atoms with Crippen molar-refractivity contribution in [3.63, 3.8) is 0 Å². The molecule has 0 aromatic rings. The first-order valence-electron chi connectivity index (χ1n) is 2.76. The summed E-state index contributed by atoms with van der Waals surface area (Å²) in [5.74, 6) is -0.464. The molecule has 0 amide bonds. The van der Waals surface area contributed by atoms with Crippen LogP contribution in [0.3, 0.4) is 0 Å². The summed E-state index contributed by atoms with van der Waals surface area (Å²) in [5, 5.41) is 2.95. The molecule has 0 aromatic heterocycles. The molecule has 0 atom stereocenters. The van der Waals surface area contributed by atoms with Gasteiger partial charge in [0.25, 0.3) is 16.3 Å². The molecule has 0 saturated heterocycles. The van der Waals surface area contributed by atoms with Crippen LogP contribution in [0.4, 0.5) is 0 Å². The molecule has 0 aromatic carbocycles. The minimum atomic E-state index is -2.53. The van der Waals surface area contributed by atoms with Crippen LogP contribution in [0.25, 0.3) is 0 Å². The molecule has 0 bridgehead atoms. The Morgan fingerprint density at radius 1 is 1.21 bits per heavy atom. The average molecular weight is 243 g/mol. The van der Waals surface area contributed by atoms with Crippen molar-refractivity contribution in [1.29, 1.82) is 0 Å². The average Bonchev–Trinajstić information content (AvgIpc) is 2.02. The standard InChI is InChI=1S/C3H5N3O6S2/c4-3(5-11-1-13(7)8)6-12-2-14(9)10/h1-2H,(H3,4,5,6). The summed E-state index contributed by atoms with van der Waals surface area (Å²) >= 11 is 0. The highest BCUT2D eigenvalue weighted by Crippen LogP contribution is 1.68. The number of hydroxylamine groups is 1. The smallest absolute Gasteiger partial charge is 0.255 e. The first-order valence-corrected chi connectivity index (χ1v) is 5.03. The number of nitrogens with two attached hydrogens (primary N) is 1. The lowest BCUT2D eigenvalue weighted by Crippen LogP contribution is -2.31. The second-order valence-corrected chi connectivity index (χ2v) is 2.94. The minimum Gasteiger partial charge on any atom is -0.365 e. The van der Waals surface area contributed by atoms with Gasteiger partial charge in [-0.3, -0.25) is 0 Å². The lowest BCUT2D eigenvalue weighted by molar-refractivity contribution is 0.254. The lowest BCUT2D eigenvalue weighted by atomic mass is 11.1. The van der Waals surface area contributed by atoms with Crippen molar-refractivity contribution >= 4 is 37.7 Å². The molecule has 0 aliphatic rings. The zero-order chi connectivity index (χ0) is 11.0. The van der Waals surface area contributed by atoms with Crippen LogP contribution in [0.15, 0.2) is 5.16 Å². The number of hydrogen-bond acceptors (Lipinski definition) is 7. The van der Waals surface area contributed by atoms with Crippen LogP contribution in [0.5, 0.6) is 0 Å². The molecule has 11 heteroatoms. The number of rotatable bonds is 4. The molecule has 0 heterocycles. The van der Waals surface area contributed by atoms with Crippen LogP contribution in [0.1, 0.15) is 0 Å². The van der Waals surface area contributed by atoms with Gasteiger partial charge in [0.1, 0.15) is 0 Å². The van der Waals surface area contributed by atoms with Crippen molar-refractivity contribution in [3.8, 4) is 0 Å². The van der Waals surface area contributed by atoms with E-state index in [0.717, 1.165) is 0 Å². The highest BCUT2D eigenvalue weighted by Gasteiger charge is 1.88. The number of nitrogens with one attached hydrogen (secondary N) is 1. The summed E-state index contributed by atoms with van der Waals surface area (Å²) in [4.78, 5) is 8.15. The first kappa shape index (κ1) is 12.4. The van der Waals surface area contributed by atoms with Crippen molar-refractivity contribution in [1.82, 2.24) is 5.48 Å². The van der Waals surface area contributed by atoms with Crippen molar-refractivity contribution in [2.75, 3.05) is 0 Å². The van der Waals surface area contributed by atoms with Crippen molar-refractivity contribution < 1.29 is 26.5 Å². The van der Waals surface area contributed by atoms with Gasteiger partial charge in [-0.05, 0) is 5.16 Å². The highest BCUT2D eigenvalue weighted by molar-refractivity contribution is 7.71. The second-order valence-electron chi connectivity index (χ2n) is 1.52. The van der Waals surface area contributed by atoms with Crippen molar-refractivity contribution in [2.45, 2.75) is 0 Å². The Hall–Kier alpha value is -1.59. The Balaban J connectivity index is 4.02. The largest absolute Gasteiger partial charge is 0.365 e. The molecule has 9 nitrogen and oxygen atoms in total. The van der Waals surface area contributed by atoms with Gasteiger partial charge in [0.2, 0.25) is 15.8 Å². The van der Waals surface area contributed by atoms with Gasteiger partial charge in [0.15, 0.2) is 5.55 Å². The van der Waals surface area contributed by atoms with E-state index in [-0.39, 0.29) is 0 Å². The predicted octanol–water partition coefficient (Wildman–Crippen LogP) is -2.97. The van der Waals surface area contributed by atoms with Gasteiger partial charge in [-0.15, -0.1) is 0 Å². The summed E-state index contributed by atoms with van der Waals surface area (Å²) in [5.41, 5.74) is 7.58. The van der Waals surface area contributed by atoms with Crippen molar-refractivity contribution in [2.24, 2.45) is 10.9 Å². The maximum Gasteiger partial charge on any atom is 0.255 e. The minimum absolute atomic E-state index is 0.365. The summed E-state index contributed by atoms with van der Waals surface area (Å²) in [7, 11) is -5.04. The number of guanidine groups is 1. The fourth-order valence-corrected chi connectivity index (χ4v) is 0.496. The zero-order valence-electron chi connectivity index (χ0n) is 6.45. The van der Waals surface area contributed by atoms with E-state index >= 15 is 0 Å². The Kier molecular flexibility index (Phi) is 6.09. The normalized spacial score (nSPS) is 10.1. The summed E-state index contributed by atoms with van der Waals surface area (Å²) in [6.45, 7) is 0. The van der Waals surface area contributed by atoms with Gasteiger partial charge in [-0.25, -0.2) is 10.3 Å². The molecule has 0 spiro atoms. The molecule has 0 unspecified atom stereocenters. The Bertz CT molecular complexity index is 443. The van der Waals surface area contributed by atoms with Crippen LogP contribution in [-0.4, -0.2) is 33.9 Å². The first-order chi connectivity index (χ1) is 6.52. The van der Waals surface area contributed by atoms with E-state index in [1.165, 1.54) is 0 Å². The molecule has 80 valence electrons. The predicted molar refractivity (Wildman–Crippen MR) is 46.9 cm³/mol. The number of oxime groups is 1. The van der Waals surface area contributed by atoms with Crippen LogP contribution in [-0.2, 0) is 30.3 Å². The topological polar surface area (TPSA) is 137 Å². The quantitative estimate of drug-likeness (QED) is 0.231. The lowest BCUT2D eigenvalue weighted by Gasteiger charge is -1.97. The van der Waals surface area contributed by atoms with Gasteiger partial charge >= 0.3 is 0 Å². The van der Waals surface area contributed by atoms with Gasteiger partial charge in [0, 0.05) is 0 Å². The molecule has 0 fully saturated rings. The van der Waals surface area contributed by atoms with E-state index in [1.807, 2.05) is 5.48 Å². The molecule has 3 N–H and O–H groups in total. The molecule has 0 saturated carbocycles. The van der Waals surface area contributed by atoms with E-state index in [2.05, 4.69) is 14.8 Å². The third-order valence-electron chi connectivity index (χ3n) is 0.563. The van der Waals surface area contributed by atoms with E-state index < -0.39 is 26.5 Å². The molecule has 0 radical (unpaired) electrons. The maximum atomic E-state index is 9.86. The van der Waals surface area contributed by atoms with Gasteiger partial charge < -0.3 is 10.6 Å². The zero-order valence-corrected chi connectivity index (χ0v) is 8.08. The molecule has 0 aliphatic carbocycles. The molecule has 14 heavy (non-hydrogen) atoms. The highest BCUT2D eigenvalue weighted by atomic mass is 32.2. The van der Waals surface area contributed by atoms with Gasteiger partial charge in [0.05, 0.1) is 0 Å². The monoisotopic (exact) mass is 243 g/mol. The van der Waals surface area contributed by atoms with Crippen LogP contribution in [0.2, 0.25) is 0 Å². The van der Waals surface area contributed by atoms with Gasteiger partial charge in [-0.2, -0.15) is 16.8 Å². The van der Waals surface area contributed by atoms with E-state index in [1.54, 1.807) is 0 Å². The molecule has 0 aliphatic heterocycles. The Morgan fingerprint density at radius 3 is 2.29 bits per heavy atom. The van der Waals surface area contributed by atoms with Crippen LogP contribution < -0.4 is 11.2 Å². The second kappa shape index (κ2) is 6.88. The van der Waals surface area contributed by atoms with Crippen LogP contribution in [0, 0.1) is 0 Å². The number of hydrogen-bond donors (Lipinski definition) is 2. The molecular weight excluding hydrogens is 238 g/mol. The van der Waals surface area contributed by atoms with Gasteiger partial charge in [-0.1, -0.05) is 0 Å². The van der Waals surface area contributed by atoms with E-state index in [4.69, 9.17) is 5.73 Å². The van der Waals surface area contributed by atoms with E-state index in [0.29, 0.717) is 11.1 Å². The summed E-state index contributed by atoms with van der Waals surface area (Å²) in [6.07, 6.45) is 0. The Morgan fingerprint density at radius 2 is 1.79 bits per heavy atom. The molecule has 0 rings (SSSR count). The van der Waals surface area contributed by atoms with Crippen molar-refractivity contribution in [3.05, 3.63) is 0 Å². The third kappa shape index (κ3) is 8.51. The fourth-order valence-electron chi connectivity index (χ4n) is 0.256. The van der Waals surface area contributed by atoms with Crippen LogP contribution >= 0.6 is 0 Å². The summed E-state index contributed by atoms with van der Waals surface area (Å²) in [6, 6.07) is 0. The molecular formula is C3H5N3O6S2. The third-order valence-corrected chi connectivity index (χ3v) is 1.06.